The number of carboxylic acids is 1. The third-order valence-electron chi connectivity index (χ3n) is 6.98. The molecule has 4 aromatic carbocycles. The molecule has 0 saturated heterocycles. The zero-order chi connectivity index (χ0) is 30.8. The highest BCUT2D eigenvalue weighted by Crippen LogP contribution is 2.29. The van der Waals surface area contributed by atoms with E-state index in [1.807, 2.05) is 24.3 Å². The lowest BCUT2D eigenvalue weighted by Crippen LogP contribution is -2.35. The Kier molecular flexibility index (Phi) is 10.8. The van der Waals surface area contributed by atoms with Crippen molar-refractivity contribution in [1.82, 2.24) is 10.2 Å². The second-order valence-electron chi connectivity index (χ2n) is 9.77. The fourth-order valence-corrected chi connectivity index (χ4v) is 5.01. The average Bonchev–Trinajstić information content (AvgIpc) is 3.03. The van der Waals surface area contributed by atoms with E-state index < -0.39 is 5.97 Å². The quantitative estimate of drug-likeness (QED) is 0.192. The van der Waals surface area contributed by atoms with Crippen LogP contribution in [0.15, 0.2) is 91.0 Å². The number of rotatable bonds is 13. The average molecular weight is 601 g/mol. The first-order chi connectivity index (χ1) is 20.8. The summed E-state index contributed by atoms with van der Waals surface area (Å²) < 4.78 is 10.8. The molecule has 0 heterocycles. The molecule has 8 nitrogen and oxygen atoms in total. The molecule has 0 fully saturated rings. The Hall–Kier alpha value is -4.82. The van der Waals surface area contributed by atoms with Gasteiger partial charge in [0.15, 0.2) is 0 Å². The number of halogens is 1. The van der Waals surface area contributed by atoms with Gasteiger partial charge in [-0.1, -0.05) is 60.1 Å². The third kappa shape index (κ3) is 8.14. The fraction of sp³-hybridized carbons (Fsp3) is 0.206. The number of amides is 2. The molecule has 0 unspecified atom stereocenters. The van der Waals surface area contributed by atoms with Gasteiger partial charge in [-0.3, -0.25) is 14.4 Å². The summed E-state index contributed by atoms with van der Waals surface area (Å²) in [5.74, 6) is -0.357. The van der Waals surface area contributed by atoms with E-state index in [1.165, 1.54) is 4.90 Å². The van der Waals surface area contributed by atoms with Crippen LogP contribution in [0.25, 0.3) is 11.1 Å². The normalized spacial score (nSPS) is 10.6. The number of nitrogens with one attached hydrogen (secondary N) is 1. The van der Waals surface area contributed by atoms with Crippen molar-refractivity contribution in [2.24, 2.45) is 0 Å². The molecule has 4 rings (SSSR count). The van der Waals surface area contributed by atoms with E-state index in [4.69, 9.17) is 21.1 Å². The van der Waals surface area contributed by atoms with Gasteiger partial charge in [0.05, 0.1) is 20.6 Å². The standard InChI is InChI=1S/C34H33ClN2O6/c1-42-26-14-15-31(43-2)24(21-26)16-18-37(19-17-32(38)39)34(41)30-13-6-4-11-28(30)27-10-3-5-12-29(27)33(40)36-22-23-8-7-9-25(35)20-23/h3-15,20-21H,16-19,22H2,1-2H3,(H,36,40)(H,38,39). The van der Waals surface area contributed by atoms with Crippen LogP contribution in [-0.4, -0.2) is 55.1 Å². The second-order valence-corrected chi connectivity index (χ2v) is 10.2. The van der Waals surface area contributed by atoms with Gasteiger partial charge in [0.2, 0.25) is 0 Å². The molecule has 0 radical (unpaired) electrons. The van der Waals surface area contributed by atoms with Crippen molar-refractivity contribution in [3.05, 3.63) is 118 Å². The molecule has 0 spiro atoms. The summed E-state index contributed by atoms with van der Waals surface area (Å²) in [7, 11) is 3.14. The van der Waals surface area contributed by atoms with Gasteiger partial charge in [-0.2, -0.15) is 0 Å². The van der Waals surface area contributed by atoms with Crippen LogP contribution in [-0.2, 0) is 17.8 Å². The molecule has 43 heavy (non-hydrogen) atoms. The van der Waals surface area contributed by atoms with Crippen LogP contribution in [0.1, 0.15) is 38.3 Å². The van der Waals surface area contributed by atoms with Gasteiger partial charge >= 0.3 is 5.97 Å². The summed E-state index contributed by atoms with van der Waals surface area (Å²) in [5, 5.41) is 12.9. The van der Waals surface area contributed by atoms with Crippen LogP contribution in [0.5, 0.6) is 11.5 Å². The van der Waals surface area contributed by atoms with Gasteiger partial charge in [-0.25, -0.2) is 0 Å². The molecular weight excluding hydrogens is 568 g/mol. The topological polar surface area (TPSA) is 105 Å². The summed E-state index contributed by atoms with van der Waals surface area (Å²) in [6.07, 6.45) is 0.196. The maximum atomic E-state index is 14.0. The Bertz CT molecular complexity index is 1610. The summed E-state index contributed by atoms with van der Waals surface area (Å²) >= 11 is 6.09. The Balaban J connectivity index is 1.62. The number of carboxylic acid groups (broad SMARTS) is 1. The fourth-order valence-electron chi connectivity index (χ4n) is 4.79. The number of aliphatic carboxylic acids is 1. The van der Waals surface area contributed by atoms with Crippen LogP contribution >= 0.6 is 11.6 Å². The number of carbonyl (C=O) groups is 3. The zero-order valence-corrected chi connectivity index (χ0v) is 24.8. The summed E-state index contributed by atoms with van der Waals surface area (Å²) in [4.78, 5) is 40.4. The number of ether oxygens (including phenoxy) is 2. The van der Waals surface area contributed by atoms with Crippen LogP contribution in [0.4, 0.5) is 0 Å². The van der Waals surface area contributed by atoms with Gasteiger partial charge in [0, 0.05) is 35.8 Å². The van der Waals surface area contributed by atoms with Gasteiger partial charge in [0.1, 0.15) is 11.5 Å². The third-order valence-corrected chi connectivity index (χ3v) is 7.22. The van der Waals surface area contributed by atoms with Crippen LogP contribution in [0.2, 0.25) is 5.02 Å². The molecule has 0 aliphatic heterocycles. The second kappa shape index (κ2) is 14.9. The van der Waals surface area contributed by atoms with Crippen molar-refractivity contribution in [2.75, 3.05) is 27.3 Å². The molecule has 0 aromatic heterocycles. The van der Waals surface area contributed by atoms with Gasteiger partial charge in [-0.15, -0.1) is 0 Å². The number of hydrogen-bond acceptors (Lipinski definition) is 5. The lowest BCUT2D eigenvalue weighted by molar-refractivity contribution is -0.137. The van der Waals surface area contributed by atoms with Gasteiger partial charge in [0.25, 0.3) is 11.8 Å². The Labute approximate surface area is 255 Å². The van der Waals surface area contributed by atoms with E-state index in [2.05, 4.69) is 5.32 Å². The molecule has 2 N–H and O–H groups in total. The predicted octanol–water partition coefficient (Wildman–Crippen LogP) is 6.11. The number of nitrogens with zero attached hydrogens (tertiary/aromatic N) is 1. The van der Waals surface area contributed by atoms with Crippen molar-refractivity contribution >= 4 is 29.4 Å². The minimum atomic E-state index is -1.01. The minimum Gasteiger partial charge on any atom is -0.497 e. The Morgan fingerprint density at radius 3 is 2.19 bits per heavy atom. The van der Waals surface area contributed by atoms with E-state index in [0.29, 0.717) is 45.2 Å². The lowest BCUT2D eigenvalue weighted by Gasteiger charge is -2.24. The highest BCUT2D eigenvalue weighted by molar-refractivity contribution is 6.30. The SMILES string of the molecule is COc1ccc(OC)c(CCN(CCC(=O)O)C(=O)c2ccccc2-c2ccccc2C(=O)NCc2cccc(Cl)c2)c1. The first kappa shape index (κ1) is 31.1. The lowest BCUT2D eigenvalue weighted by atomic mass is 9.94. The number of benzene rings is 4. The molecule has 0 aliphatic carbocycles. The molecule has 2 amide bonds. The van der Waals surface area contributed by atoms with E-state index in [9.17, 15) is 19.5 Å². The summed E-state index contributed by atoms with van der Waals surface area (Å²) in [6.45, 7) is 0.535. The predicted molar refractivity (Wildman–Crippen MR) is 166 cm³/mol. The molecule has 0 bridgehead atoms. The van der Waals surface area contributed by atoms with E-state index in [-0.39, 0.29) is 37.9 Å². The number of methoxy groups -OCH3 is 2. The largest absolute Gasteiger partial charge is 0.497 e. The summed E-state index contributed by atoms with van der Waals surface area (Å²) in [6, 6.07) is 26.8. The van der Waals surface area contributed by atoms with Crippen molar-refractivity contribution in [3.8, 4) is 22.6 Å². The van der Waals surface area contributed by atoms with Crippen LogP contribution < -0.4 is 14.8 Å². The van der Waals surface area contributed by atoms with Crippen molar-refractivity contribution < 1.29 is 29.0 Å². The van der Waals surface area contributed by atoms with Crippen molar-refractivity contribution in [2.45, 2.75) is 19.4 Å². The first-order valence-electron chi connectivity index (χ1n) is 13.7. The molecule has 0 aliphatic rings. The van der Waals surface area contributed by atoms with Crippen LogP contribution in [0.3, 0.4) is 0 Å². The first-order valence-corrected chi connectivity index (χ1v) is 14.1. The maximum absolute atomic E-state index is 14.0. The number of carbonyl (C=O) groups excluding carboxylic acids is 2. The Morgan fingerprint density at radius 2 is 1.51 bits per heavy atom. The van der Waals surface area contributed by atoms with Gasteiger partial charge in [-0.05, 0) is 71.1 Å². The van der Waals surface area contributed by atoms with Crippen LogP contribution in [0, 0.1) is 0 Å². The number of hydrogen-bond donors (Lipinski definition) is 2. The highest BCUT2D eigenvalue weighted by Gasteiger charge is 2.23. The van der Waals surface area contributed by atoms with Crippen molar-refractivity contribution in [3.63, 3.8) is 0 Å². The minimum absolute atomic E-state index is 0.0105. The molecule has 0 saturated carbocycles. The maximum Gasteiger partial charge on any atom is 0.305 e. The molecule has 0 atom stereocenters. The molecule has 4 aromatic rings. The van der Waals surface area contributed by atoms with E-state index in [0.717, 1.165) is 11.1 Å². The molecule has 9 heteroatoms. The van der Waals surface area contributed by atoms with E-state index >= 15 is 0 Å². The van der Waals surface area contributed by atoms with Crippen molar-refractivity contribution in [1.29, 1.82) is 0 Å². The molecular formula is C34H33ClN2O6. The molecule has 222 valence electrons. The van der Waals surface area contributed by atoms with E-state index in [1.54, 1.807) is 80.9 Å². The monoisotopic (exact) mass is 600 g/mol. The highest BCUT2D eigenvalue weighted by atomic mass is 35.5. The summed E-state index contributed by atoms with van der Waals surface area (Å²) in [5.41, 5.74) is 3.60. The zero-order valence-electron chi connectivity index (χ0n) is 24.0. The Morgan fingerprint density at radius 1 is 0.814 bits per heavy atom. The van der Waals surface area contributed by atoms with Gasteiger partial charge < -0.3 is 24.8 Å². The smallest absolute Gasteiger partial charge is 0.305 e.